The zero-order valence-corrected chi connectivity index (χ0v) is 8.31. The van der Waals surface area contributed by atoms with Gasteiger partial charge in [-0.25, -0.2) is 0 Å². The van der Waals surface area contributed by atoms with Gasteiger partial charge in [-0.3, -0.25) is 9.59 Å². The van der Waals surface area contributed by atoms with Gasteiger partial charge in [0.05, 0.1) is 6.61 Å². The lowest BCUT2D eigenvalue weighted by Crippen LogP contribution is -2.21. The molecule has 0 aliphatic carbocycles. The molecule has 0 N–H and O–H groups in total. The van der Waals surface area contributed by atoms with Crippen LogP contribution < -0.4 is 0 Å². The van der Waals surface area contributed by atoms with Crippen molar-refractivity contribution in [3.8, 4) is 0 Å². The van der Waals surface area contributed by atoms with Gasteiger partial charge in [0.2, 0.25) is 0 Å². The van der Waals surface area contributed by atoms with Gasteiger partial charge >= 0.3 is 5.97 Å². The van der Waals surface area contributed by atoms with E-state index in [1.807, 2.05) is 30.3 Å². The highest BCUT2D eigenvalue weighted by molar-refractivity contribution is 6.00. The number of ether oxygens (including phenoxy) is 1. The van der Waals surface area contributed by atoms with Crippen molar-refractivity contribution in [1.29, 1.82) is 0 Å². The molecule has 0 saturated carbocycles. The lowest BCUT2D eigenvalue weighted by molar-refractivity contribution is -0.144. The third-order valence-electron chi connectivity index (χ3n) is 2.55. The molecule has 3 nitrogen and oxygen atoms in total. The smallest absolute Gasteiger partial charge is 0.316 e. The Morgan fingerprint density at radius 3 is 2.67 bits per heavy atom. The van der Waals surface area contributed by atoms with Crippen LogP contribution in [0, 0.1) is 5.92 Å². The summed E-state index contributed by atoms with van der Waals surface area (Å²) in [5.74, 6) is -0.940. The average molecular weight is 204 g/mol. The summed E-state index contributed by atoms with van der Waals surface area (Å²) in [4.78, 5) is 22.9. The van der Waals surface area contributed by atoms with Gasteiger partial charge in [0.25, 0.3) is 0 Å². The first-order valence-corrected chi connectivity index (χ1v) is 5.00. The molecular weight excluding hydrogens is 192 g/mol. The van der Waals surface area contributed by atoms with Crippen LogP contribution in [0.4, 0.5) is 0 Å². The van der Waals surface area contributed by atoms with Crippen molar-refractivity contribution in [3.05, 3.63) is 35.9 Å². The van der Waals surface area contributed by atoms with E-state index < -0.39 is 5.92 Å². The maximum Gasteiger partial charge on any atom is 0.316 e. The minimum absolute atomic E-state index is 0.0382. The number of benzene rings is 1. The molecule has 1 heterocycles. The zero-order valence-electron chi connectivity index (χ0n) is 8.31. The normalized spacial score (nSPS) is 20.0. The van der Waals surface area contributed by atoms with Crippen LogP contribution >= 0.6 is 0 Å². The van der Waals surface area contributed by atoms with Crippen LogP contribution in [0.5, 0.6) is 0 Å². The Morgan fingerprint density at radius 2 is 2.07 bits per heavy atom. The molecule has 1 aromatic carbocycles. The average Bonchev–Trinajstić information content (AvgIpc) is 2.66. The third kappa shape index (κ3) is 2.24. The topological polar surface area (TPSA) is 43.4 Å². The van der Waals surface area contributed by atoms with Crippen molar-refractivity contribution in [2.45, 2.75) is 12.8 Å². The fourth-order valence-electron chi connectivity index (χ4n) is 1.71. The van der Waals surface area contributed by atoms with Crippen LogP contribution in [0.2, 0.25) is 0 Å². The Kier molecular flexibility index (Phi) is 2.81. The molecule has 1 unspecified atom stereocenters. The van der Waals surface area contributed by atoms with Crippen molar-refractivity contribution >= 4 is 11.8 Å². The quantitative estimate of drug-likeness (QED) is 0.551. The first kappa shape index (κ1) is 9.90. The zero-order chi connectivity index (χ0) is 10.7. The number of esters is 1. The van der Waals surface area contributed by atoms with Gasteiger partial charge in [0, 0.05) is 12.8 Å². The molecule has 15 heavy (non-hydrogen) atoms. The first-order valence-electron chi connectivity index (χ1n) is 5.00. The van der Waals surface area contributed by atoms with Crippen molar-refractivity contribution in [1.82, 2.24) is 0 Å². The molecule has 1 saturated heterocycles. The monoisotopic (exact) mass is 204 g/mol. The summed E-state index contributed by atoms with van der Waals surface area (Å²) in [5.41, 5.74) is 0.946. The number of Topliss-reactive ketones (excluding diaryl/α,β-unsaturated/α-hetero) is 1. The van der Waals surface area contributed by atoms with Gasteiger partial charge in [-0.2, -0.15) is 0 Å². The molecule has 1 aromatic rings. The fraction of sp³-hybridized carbons (Fsp3) is 0.333. The standard InChI is InChI=1S/C12H12O3/c13-11(10-6-7-15-12(10)14)8-9-4-2-1-3-5-9/h1-5,10H,6-8H2. The number of hydrogen-bond acceptors (Lipinski definition) is 3. The number of rotatable bonds is 3. The second-order valence-electron chi connectivity index (χ2n) is 3.64. The SMILES string of the molecule is O=C(Cc1ccccc1)C1CCOC1=O. The van der Waals surface area contributed by atoms with Crippen LogP contribution in [0.15, 0.2) is 30.3 Å². The van der Waals surface area contributed by atoms with Crippen molar-refractivity contribution < 1.29 is 14.3 Å². The van der Waals surface area contributed by atoms with E-state index in [1.54, 1.807) is 0 Å². The molecule has 3 heteroatoms. The number of ketones is 1. The number of carbonyl (C=O) groups excluding carboxylic acids is 2. The van der Waals surface area contributed by atoms with Crippen molar-refractivity contribution in [2.24, 2.45) is 5.92 Å². The van der Waals surface area contributed by atoms with Crippen molar-refractivity contribution in [3.63, 3.8) is 0 Å². The minimum Gasteiger partial charge on any atom is -0.465 e. The summed E-state index contributed by atoms with van der Waals surface area (Å²) in [7, 11) is 0. The summed E-state index contributed by atoms with van der Waals surface area (Å²) in [6.07, 6.45) is 0.852. The third-order valence-corrected chi connectivity index (χ3v) is 2.55. The Balaban J connectivity index is 2.01. The summed E-state index contributed by atoms with van der Waals surface area (Å²) in [5, 5.41) is 0. The first-order chi connectivity index (χ1) is 7.27. The molecule has 0 amide bonds. The van der Waals surface area contributed by atoms with Crippen molar-refractivity contribution in [2.75, 3.05) is 6.61 Å². The second-order valence-corrected chi connectivity index (χ2v) is 3.64. The highest BCUT2D eigenvalue weighted by Crippen LogP contribution is 2.17. The molecule has 0 radical (unpaired) electrons. The van der Waals surface area contributed by atoms with Gasteiger partial charge in [-0.05, 0) is 5.56 Å². The summed E-state index contributed by atoms with van der Waals surface area (Å²) >= 11 is 0. The Hall–Kier alpha value is -1.64. The Bertz CT molecular complexity index is 370. The number of cyclic esters (lactones) is 1. The largest absolute Gasteiger partial charge is 0.465 e. The van der Waals surface area contributed by atoms with E-state index in [-0.39, 0.29) is 11.8 Å². The van der Waals surface area contributed by atoms with E-state index in [9.17, 15) is 9.59 Å². The van der Waals surface area contributed by atoms with Crippen LogP contribution in [0.25, 0.3) is 0 Å². The Morgan fingerprint density at radius 1 is 1.33 bits per heavy atom. The summed E-state index contributed by atoms with van der Waals surface area (Å²) in [6.45, 7) is 0.379. The second kappa shape index (κ2) is 4.26. The molecule has 1 atom stereocenters. The predicted octanol–water partition coefficient (Wildman–Crippen LogP) is 1.36. The van der Waals surface area contributed by atoms with Gasteiger partial charge in [0.15, 0.2) is 5.78 Å². The van der Waals surface area contributed by atoms with E-state index in [0.717, 1.165) is 5.56 Å². The number of carbonyl (C=O) groups is 2. The van der Waals surface area contributed by atoms with Gasteiger partial charge in [-0.1, -0.05) is 30.3 Å². The van der Waals surface area contributed by atoms with Gasteiger partial charge < -0.3 is 4.74 Å². The molecule has 78 valence electrons. The molecule has 2 rings (SSSR count). The highest BCUT2D eigenvalue weighted by Gasteiger charge is 2.32. The van der Waals surface area contributed by atoms with Gasteiger partial charge in [-0.15, -0.1) is 0 Å². The molecule has 1 aliphatic heterocycles. The van der Waals surface area contributed by atoms with E-state index in [2.05, 4.69) is 0 Å². The van der Waals surface area contributed by atoms with E-state index in [4.69, 9.17) is 4.74 Å². The molecule has 1 aliphatic rings. The van der Waals surface area contributed by atoms with E-state index >= 15 is 0 Å². The predicted molar refractivity (Wildman–Crippen MR) is 54.2 cm³/mol. The maximum absolute atomic E-state index is 11.7. The fourth-order valence-corrected chi connectivity index (χ4v) is 1.71. The molecule has 0 aromatic heterocycles. The lowest BCUT2D eigenvalue weighted by Gasteiger charge is -2.04. The van der Waals surface area contributed by atoms with Gasteiger partial charge in [0.1, 0.15) is 5.92 Å². The maximum atomic E-state index is 11.7. The molecular formula is C12H12O3. The summed E-state index contributed by atoms with van der Waals surface area (Å²) < 4.78 is 4.76. The van der Waals surface area contributed by atoms with Crippen LogP contribution in [-0.4, -0.2) is 18.4 Å². The van der Waals surface area contributed by atoms with Crippen LogP contribution in [0.3, 0.4) is 0 Å². The van der Waals surface area contributed by atoms with Crippen LogP contribution in [-0.2, 0) is 20.7 Å². The Labute approximate surface area is 88.1 Å². The molecule has 1 fully saturated rings. The number of hydrogen-bond donors (Lipinski definition) is 0. The van der Waals surface area contributed by atoms with E-state index in [1.165, 1.54) is 0 Å². The molecule has 0 spiro atoms. The lowest BCUT2D eigenvalue weighted by atomic mass is 9.97. The molecule has 0 bridgehead atoms. The minimum atomic E-state index is -0.537. The van der Waals surface area contributed by atoms with Crippen LogP contribution in [0.1, 0.15) is 12.0 Å². The highest BCUT2D eigenvalue weighted by atomic mass is 16.5. The van der Waals surface area contributed by atoms with E-state index in [0.29, 0.717) is 19.4 Å². The summed E-state index contributed by atoms with van der Waals surface area (Å²) in [6, 6.07) is 9.44.